The van der Waals surface area contributed by atoms with Crippen molar-refractivity contribution in [3.8, 4) is 0 Å². The average molecular weight is 193 g/mol. The van der Waals surface area contributed by atoms with Gasteiger partial charge in [0, 0.05) is 0 Å². The lowest BCUT2D eigenvalue weighted by Crippen LogP contribution is -2.11. The van der Waals surface area contributed by atoms with Crippen molar-refractivity contribution in [3.05, 3.63) is 23.8 Å². The van der Waals surface area contributed by atoms with E-state index in [1.165, 1.54) is 11.3 Å². The number of carbonyl (C=O) groups is 1. The number of hydrogen-bond donors (Lipinski definition) is 2. The first-order valence-corrected chi connectivity index (χ1v) is 4.45. The first kappa shape index (κ1) is 8.00. The number of carbonyl (C=O) groups excluding carboxylic acids is 1. The minimum absolute atomic E-state index is 0.422. The summed E-state index contributed by atoms with van der Waals surface area (Å²) >= 11 is 1.34. The summed E-state index contributed by atoms with van der Waals surface area (Å²) in [6, 6.07) is 5.26. The lowest BCUT2D eigenvalue weighted by molar-refractivity contribution is 0.100. The van der Waals surface area contributed by atoms with Gasteiger partial charge < -0.3 is 11.5 Å². The second kappa shape index (κ2) is 2.70. The van der Waals surface area contributed by atoms with E-state index in [1.54, 1.807) is 12.1 Å². The van der Waals surface area contributed by atoms with Gasteiger partial charge in [0.25, 0.3) is 5.91 Å². The van der Waals surface area contributed by atoms with E-state index in [0.29, 0.717) is 16.2 Å². The summed E-state index contributed by atoms with van der Waals surface area (Å²) in [6.07, 6.45) is 0. The van der Waals surface area contributed by atoms with E-state index in [4.69, 9.17) is 11.5 Å². The molecule has 0 radical (unpaired) electrons. The van der Waals surface area contributed by atoms with E-state index >= 15 is 0 Å². The van der Waals surface area contributed by atoms with Crippen molar-refractivity contribution in [2.24, 2.45) is 5.73 Å². The largest absolute Gasteiger partial charge is 0.375 e. The van der Waals surface area contributed by atoms with Crippen molar-refractivity contribution in [2.45, 2.75) is 0 Å². The van der Waals surface area contributed by atoms with Crippen molar-refractivity contribution in [3.63, 3.8) is 0 Å². The summed E-state index contributed by atoms with van der Waals surface area (Å²) in [7, 11) is 0. The Labute approximate surface area is 78.2 Å². The fraction of sp³-hybridized carbons (Fsp3) is 0. The van der Waals surface area contributed by atoms with Gasteiger partial charge in [0.05, 0.1) is 15.8 Å². The molecular formula is C8H7N3OS. The zero-order chi connectivity index (χ0) is 9.42. The van der Waals surface area contributed by atoms with Crippen LogP contribution < -0.4 is 11.5 Å². The minimum Gasteiger partial charge on any atom is -0.375 e. The molecule has 0 aliphatic rings. The standard InChI is InChI=1S/C8H7N3OS/c9-7(12)4-2-1-3-5-6(4)11-8(10)13-5/h1-3H,(H2,9,12)(H2,10,11). The van der Waals surface area contributed by atoms with E-state index in [9.17, 15) is 4.79 Å². The SMILES string of the molecule is NC(=O)c1cccc2sc(N)nc12. The van der Waals surface area contributed by atoms with Crippen LogP contribution in [-0.4, -0.2) is 10.9 Å². The van der Waals surface area contributed by atoms with Crippen LogP contribution in [0.15, 0.2) is 18.2 Å². The number of thiazole rings is 1. The number of benzene rings is 1. The van der Waals surface area contributed by atoms with E-state index < -0.39 is 5.91 Å². The number of nitrogens with two attached hydrogens (primary N) is 2. The molecule has 0 spiro atoms. The van der Waals surface area contributed by atoms with Gasteiger partial charge in [-0.05, 0) is 12.1 Å². The Morgan fingerprint density at radius 2 is 2.23 bits per heavy atom. The van der Waals surface area contributed by atoms with E-state index in [2.05, 4.69) is 4.98 Å². The molecule has 0 bridgehead atoms. The number of nitrogens with zero attached hydrogens (tertiary/aromatic N) is 1. The molecule has 4 nitrogen and oxygen atoms in total. The molecule has 0 saturated heterocycles. The molecule has 0 aliphatic carbocycles. The zero-order valence-corrected chi connectivity index (χ0v) is 7.47. The third-order valence-electron chi connectivity index (χ3n) is 1.70. The molecule has 0 fully saturated rings. The summed E-state index contributed by atoms with van der Waals surface area (Å²) in [6.45, 7) is 0. The molecule has 0 saturated carbocycles. The van der Waals surface area contributed by atoms with Gasteiger partial charge in [0.1, 0.15) is 0 Å². The quantitative estimate of drug-likeness (QED) is 0.708. The highest BCUT2D eigenvalue weighted by Crippen LogP contribution is 2.25. The van der Waals surface area contributed by atoms with Gasteiger partial charge in [0.15, 0.2) is 5.13 Å². The number of anilines is 1. The van der Waals surface area contributed by atoms with Crippen molar-refractivity contribution in [1.29, 1.82) is 0 Å². The van der Waals surface area contributed by atoms with Crippen LogP contribution in [0.2, 0.25) is 0 Å². The van der Waals surface area contributed by atoms with Gasteiger partial charge in [0.2, 0.25) is 0 Å². The second-order valence-corrected chi connectivity index (χ2v) is 3.63. The molecular weight excluding hydrogens is 186 g/mol. The molecule has 0 atom stereocenters. The molecule has 1 amide bonds. The van der Waals surface area contributed by atoms with Gasteiger partial charge in [-0.1, -0.05) is 17.4 Å². The second-order valence-electron chi connectivity index (χ2n) is 2.57. The minimum atomic E-state index is -0.476. The van der Waals surface area contributed by atoms with Crippen LogP contribution in [0.25, 0.3) is 10.2 Å². The van der Waals surface area contributed by atoms with E-state index in [0.717, 1.165) is 4.70 Å². The number of hydrogen-bond acceptors (Lipinski definition) is 4. The first-order valence-electron chi connectivity index (χ1n) is 3.63. The van der Waals surface area contributed by atoms with Gasteiger partial charge in [-0.2, -0.15) is 0 Å². The van der Waals surface area contributed by atoms with Crippen LogP contribution in [0.3, 0.4) is 0 Å². The fourth-order valence-electron chi connectivity index (χ4n) is 1.16. The summed E-state index contributed by atoms with van der Waals surface area (Å²) in [5.41, 5.74) is 11.7. The number of para-hydroxylation sites is 1. The number of primary amides is 1. The smallest absolute Gasteiger partial charge is 0.250 e. The highest BCUT2D eigenvalue weighted by atomic mass is 32.1. The molecule has 1 aromatic carbocycles. The summed E-state index contributed by atoms with van der Waals surface area (Å²) < 4.78 is 0.883. The van der Waals surface area contributed by atoms with Crippen LogP contribution in [0.1, 0.15) is 10.4 Å². The molecule has 2 aromatic rings. The van der Waals surface area contributed by atoms with Gasteiger partial charge in [-0.25, -0.2) is 4.98 Å². The van der Waals surface area contributed by atoms with Gasteiger partial charge >= 0.3 is 0 Å². The van der Waals surface area contributed by atoms with E-state index in [1.807, 2.05) is 6.07 Å². The van der Waals surface area contributed by atoms with Gasteiger partial charge in [-0.15, -0.1) is 0 Å². The average Bonchev–Trinajstić information content (AvgIpc) is 2.43. The molecule has 0 aliphatic heterocycles. The fourth-order valence-corrected chi connectivity index (χ4v) is 1.93. The number of rotatable bonds is 1. The molecule has 4 N–H and O–H groups in total. The maximum absolute atomic E-state index is 11.0. The Bertz CT molecular complexity index is 477. The van der Waals surface area contributed by atoms with Crippen LogP contribution in [0, 0.1) is 0 Å². The first-order chi connectivity index (χ1) is 6.18. The lowest BCUT2D eigenvalue weighted by atomic mass is 10.2. The summed E-state index contributed by atoms with van der Waals surface area (Å²) in [4.78, 5) is 15.0. The predicted octanol–water partition coefficient (Wildman–Crippen LogP) is 0.977. The Kier molecular flexibility index (Phi) is 1.66. The van der Waals surface area contributed by atoms with Crippen molar-refractivity contribution in [1.82, 2.24) is 4.98 Å². The van der Waals surface area contributed by atoms with E-state index in [-0.39, 0.29) is 0 Å². The van der Waals surface area contributed by atoms with Crippen molar-refractivity contribution < 1.29 is 4.79 Å². The Morgan fingerprint density at radius 3 is 2.92 bits per heavy atom. The Hall–Kier alpha value is -1.62. The maximum atomic E-state index is 11.0. The number of aromatic nitrogens is 1. The van der Waals surface area contributed by atoms with Crippen LogP contribution in [-0.2, 0) is 0 Å². The monoisotopic (exact) mass is 193 g/mol. The summed E-state index contributed by atoms with van der Waals surface area (Å²) in [5, 5.41) is 0.448. The maximum Gasteiger partial charge on any atom is 0.250 e. The van der Waals surface area contributed by atoms with Crippen LogP contribution in [0.5, 0.6) is 0 Å². The van der Waals surface area contributed by atoms with Crippen molar-refractivity contribution >= 4 is 32.6 Å². The number of amides is 1. The summed E-state index contributed by atoms with van der Waals surface area (Å²) in [5.74, 6) is -0.476. The Morgan fingerprint density at radius 1 is 1.46 bits per heavy atom. The zero-order valence-electron chi connectivity index (χ0n) is 6.65. The third kappa shape index (κ3) is 1.23. The number of nitrogen functional groups attached to an aromatic ring is 1. The normalized spacial score (nSPS) is 10.5. The van der Waals surface area contributed by atoms with Crippen LogP contribution in [0.4, 0.5) is 5.13 Å². The molecule has 5 heteroatoms. The molecule has 1 heterocycles. The molecule has 0 unspecified atom stereocenters. The molecule has 13 heavy (non-hydrogen) atoms. The predicted molar refractivity (Wildman–Crippen MR) is 52.6 cm³/mol. The molecule has 2 rings (SSSR count). The molecule has 66 valence electrons. The Balaban J connectivity index is 2.82. The van der Waals surface area contributed by atoms with Crippen LogP contribution >= 0.6 is 11.3 Å². The van der Waals surface area contributed by atoms with Gasteiger partial charge in [-0.3, -0.25) is 4.79 Å². The lowest BCUT2D eigenvalue weighted by Gasteiger charge is -1.94. The highest BCUT2D eigenvalue weighted by Gasteiger charge is 2.09. The molecule has 1 aromatic heterocycles. The van der Waals surface area contributed by atoms with Crippen molar-refractivity contribution in [2.75, 3.05) is 5.73 Å². The topological polar surface area (TPSA) is 82.0 Å². The number of fused-ring (bicyclic) bond motifs is 1. The highest BCUT2D eigenvalue weighted by molar-refractivity contribution is 7.22. The third-order valence-corrected chi connectivity index (χ3v) is 2.55.